The van der Waals surface area contributed by atoms with Crippen LogP contribution in [0.1, 0.15) is 45.3 Å². The topological polar surface area (TPSA) is 30.7 Å². The molecule has 0 amide bonds. The van der Waals surface area contributed by atoms with Crippen molar-refractivity contribution in [1.29, 1.82) is 0 Å². The van der Waals surface area contributed by atoms with Crippen LogP contribution in [0.5, 0.6) is 0 Å². The van der Waals surface area contributed by atoms with E-state index in [1.807, 2.05) is 6.07 Å². The highest BCUT2D eigenvalue weighted by Gasteiger charge is 2.67. The summed E-state index contributed by atoms with van der Waals surface area (Å²) in [4.78, 5) is 0. The van der Waals surface area contributed by atoms with Gasteiger partial charge in [0.1, 0.15) is 11.6 Å². The van der Waals surface area contributed by atoms with Crippen molar-refractivity contribution in [1.82, 2.24) is 14.8 Å². The minimum Gasteiger partial charge on any atom is -0.282 e. The van der Waals surface area contributed by atoms with E-state index in [-0.39, 0.29) is 10.8 Å². The molecule has 1 aromatic carbocycles. The summed E-state index contributed by atoms with van der Waals surface area (Å²) in [7, 11) is 0. The molecule has 20 heavy (non-hydrogen) atoms. The monoisotopic (exact) mass is 333 g/mol. The lowest BCUT2D eigenvalue weighted by molar-refractivity contribution is 0.457. The first kappa shape index (κ1) is 13.8. The van der Waals surface area contributed by atoms with E-state index < -0.39 is 0 Å². The Kier molecular flexibility index (Phi) is 3.05. The van der Waals surface area contributed by atoms with Gasteiger partial charge in [-0.05, 0) is 23.0 Å². The number of hydrogen-bond acceptors (Lipinski definition) is 2. The lowest BCUT2D eigenvalue weighted by Gasteiger charge is -2.10. The fourth-order valence-corrected chi connectivity index (χ4v) is 3.67. The Morgan fingerprint density at radius 1 is 1.05 bits per heavy atom. The zero-order valence-corrected chi connectivity index (χ0v) is 14.0. The largest absolute Gasteiger partial charge is 0.282 e. The molecule has 1 saturated carbocycles. The minimum atomic E-state index is 0.260. The number of nitrogens with zero attached hydrogens (tertiary/aromatic N) is 3. The number of halogens is 1. The standard InChI is InChI=1S/C16H20BrN3/c1-15(2)13(16(15,3)4)14-19-18-12(10-17)20(14)11-8-6-5-7-9-11/h5-9,13H,10H2,1-4H3. The van der Waals surface area contributed by atoms with E-state index in [0.29, 0.717) is 11.2 Å². The molecule has 0 atom stereocenters. The summed E-state index contributed by atoms with van der Waals surface area (Å²) in [6.45, 7) is 9.26. The summed E-state index contributed by atoms with van der Waals surface area (Å²) >= 11 is 3.52. The van der Waals surface area contributed by atoms with Crippen molar-refractivity contribution in [2.75, 3.05) is 0 Å². The average Bonchev–Trinajstić information content (AvgIpc) is 2.75. The van der Waals surface area contributed by atoms with Crippen molar-refractivity contribution in [2.45, 2.75) is 38.9 Å². The highest BCUT2D eigenvalue weighted by molar-refractivity contribution is 9.08. The Hall–Kier alpha value is -1.16. The van der Waals surface area contributed by atoms with Crippen LogP contribution in [0.3, 0.4) is 0 Å². The van der Waals surface area contributed by atoms with Gasteiger partial charge in [0.2, 0.25) is 0 Å². The first-order valence-corrected chi connectivity index (χ1v) is 8.09. The van der Waals surface area contributed by atoms with Crippen molar-refractivity contribution in [3.05, 3.63) is 42.0 Å². The predicted molar refractivity (Wildman–Crippen MR) is 84.3 cm³/mol. The Morgan fingerprint density at radius 3 is 2.15 bits per heavy atom. The van der Waals surface area contributed by atoms with Gasteiger partial charge in [-0.3, -0.25) is 4.57 Å². The van der Waals surface area contributed by atoms with Crippen LogP contribution in [0.4, 0.5) is 0 Å². The first-order valence-electron chi connectivity index (χ1n) is 6.97. The average molecular weight is 334 g/mol. The van der Waals surface area contributed by atoms with Gasteiger partial charge in [0.25, 0.3) is 0 Å². The van der Waals surface area contributed by atoms with Crippen LogP contribution < -0.4 is 0 Å². The molecule has 1 aliphatic rings. The summed E-state index contributed by atoms with van der Waals surface area (Å²) in [6.07, 6.45) is 0. The van der Waals surface area contributed by atoms with Crippen molar-refractivity contribution in [3.8, 4) is 5.69 Å². The molecule has 0 unspecified atom stereocenters. The number of aromatic nitrogens is 3. The van der Waals surface area contributed by atoms with E-state index in [2.05, 4.69) is 82.7 Å². The van der Waals surface area contributed by atoms with Gasteiger partial charge in [-0.25, -0.2) is 0 Å². The fourth-order valence-electron chi connectivity index (χ4n) is 3.30. The molecule has 4 heteroatoms. The normalized spacial score (nSPS) is 20.1. The lowest BCUT2D eigenvalue weighted by Crippen LogP contribution is -2.05. The van der Waals surface area contributed by atoms with E-state index in [1.54, 1.807) is 0 Å². The SMILES string of the molecule is CC1(C)C(c2nnc(CBr)n2-c2ccccc2)C1(C)C. The predicted octanol–water partition coefficient (Wildman–Crippen LogP) is 4.31. The molecule has 0 radical (unpaired) electrons. The Morgan fingerprint density at radius 2 is 1.65 bits per heavy atom. The fraction of sp³-hybridized carbons (Fsp3) is 0.500. The second-order valence-corrected chi connectivity index (χ2v) is 7.22. The lowest BCUT2D eigenvalue weighted by atomic mass is 10.0. The molecule has 0 spiro atoms. The first-order chi connectivity index (χ1) is 9.41. The van der Waals surface area contributed by atoms with Gasteiger partial charge >= 0.3 is 0 Å². The molecular formula is C16H20BrN3. The van der Waals surface area contributed by atoms with Crippen LogP contribution in [0.2, 0.25) is 0 Å². The molecule has 3 nitrogen and oxygen atoms in total. The molecular weight excluding hydrogens is 314 g/mol. The van der Waals surface area contributed by atoms with E-state index in [9.17, 15) is 0 Å². The Labute approximate surface area is 128 Å². The van der Waals surface area contributed by atoms with Gasteiger partial charge in [-0.15, -0.1) is 10.2 Å². The van der Waals surface area contributed by atoms with Gasteiger partial charge in [0, 0.05) is 11.6 Å². The maximum atomic E-state index is 4.50. The third kappa shape index (κ3) is 1.77. The van der Waals surface area contributed by atoms with E-state index in [0.717, 1.165) is 17.3 Å². The molecule has 2 aromatic rings. The van der Waals surface area contributed by atoms with Gasteiger partial charge in [-0.2, -0.15) is 0 Å². The zero-order valence-electron chi connectivity index (χ0n) is 12.4. The number of para-hydroxylation sites is 1. The highest BCUT2D eigenvalue weighted by Crippen LogP contribution is 2.73. The molecule has 0 bridgehead atoms. The Balaban J connectivity index is 2.13. The third-order valence-electron chi connectivity index (χ3n) is 5.17. The summed E-state index contributed by atoms with van der Waals surface area (Å²) in [5, 5.41) is 9.58. The van der Waals surface area contributed by atoms with Crippen LogP contribution in [-0.4, -0.2) is 14.8 Å². The number of hydrogen-bond donors (Lipinski definition) is 0. The maximum absolute atomic E-state index is 4.50. The van der Waals surface area contributed by atoms with Gasteiger partial charge < -0.3 is 0 Å². The van der Waals surface area contributed by atoms with Crippen LogP contribution >= 0.6 is 15.9 Å². The molecule has 1 fully saturated rings. The van der Waals surface area contributed by atoms with Crippen LogP contribution in [0.25, 0.3) is 5.69 Å². The molecule has 1 aliphatic carbocycles. The summed E-state index contributed by atoms with van der Waals surface area (Å²) in [5.74, 6) is 2.49. The van der Waals surface area contributed by atoms with Crippen molar-refractivity contribution >= 4 is 15.9 Å². The van der Waals surface area contributed by atoms with Crippen molar-refractivity contribution in [3.63, 3.8) is 0 Å². The molecule has 106 valence electrons. The molecule has 0 saturated heterocycles. The summed E-state index contributed by atoms with van der Waals surface area (Å²) < 4.78 is 2.20. The van der Waals surface area contributed by atoms with Crippen LogP contribution in [0.15, 0.2) is 30.3 Å². The third-order valence-corrected chi connectivity index (χ3v) is 5.67. The number of rotatable bonds is 3. The van der Waals surface area contributed by atoms with E-state index >= 15 is 0 Å². The van der Waals surface area contributed by atoms with E-state index in [4.69, 9.17) is 0 Å². The Bertz CT molecular complexity index is 614. The van der Waals surface area contributed by atoms with Gasteiger partial charge in [0.05, 0.1) is 5.33 Å². The van der Waals surface area contributed by atoms with Gasteiger partial charge in [0.15, 0.2) is 0 Å². The zero-order chi connectivity index (χ0) is 14.5. The maximum Gasteiger partial charge on any atom is 0.148 e. The summed E-state index contributed by atoms with van der Waals surface area (Å²) in [6, 6.07) is 10.4. The van der Waals surface area contributed by atoms with Crippen molar-refractivity contribution < 1.29 is 0 Å². The number of benzene rings is 1. The molecule has 3 rings (SSSR count). The molecule has 0 aliphatic heterocycles. The van der Waals surface area contributed by atoms with Gasteiger partial charge in [-0.1, -0.05) is 61.8 Å². The van der Waals surface area contributed by atoms with Crippen LogP contribution in [0, 0.1) is 10.8 Å². The van der Waals surface area contributed by atoms with Crippen molar-refractivity contribution in [2.24, 2.45) is 10.8 Å². The smallest absolute Gasteiger partial charge is 0.148 e. The highest BCUT2D eigenvalue weighted by atomic mass is 79.9. The van der Waals surface area contributed by atoms with E-state index in [1.165, 1.54) is 0 Å². The molecule has 1 heterocycles. The molecule has 0 N–H and O–H groups in total. The second kappa shape index (κ2) is 4.42. The molecule has 1 aromatic heterocycles. The second-order valence-electron chi connectivity index (χ2n) is 6.66. The minimum absolute atomic E-state index is 0.260. The van der Waals surface area contributed by atoms with Crippen LogP contribution in [-0.2, 0) is 5.33 Å². The number of alkyl halides is 1. The quantitative estimate of drug-likeness (QED) is 0.783. The summed E-state index contributed by atoms with van der Waals surface area (Å²) in [5.41, 5.74) is 1.66.